The maximum Gasteiger partial charge on any atom is 0.230 e. The van der Waals surface area contributed by atoms with Gasteiger partial charge in [-0.2, -0.15) is 9.61 Å². The number of nitrogens with zero attached hydrogens (tertiary/aromatic N) is 5. The number of piperazine rings is 1. The molecule has 0 amide bonds. The predicted octanol–water partition coefficient (Wildman–Crippen LogP) is 1.84. The number of thiazole rings is 1. The van der Waals surface area contributed by atoms with Crippen LogP contribution in [0.2, 0.25) is 0 Å². The lowest BCUT2D eigenvalue weighted by Crippen LogP contribution is -2.46. The predicted molar refractivity (Wildman–Crippen MR) is 96.4 cm³/mol. The Morgan fingerprint density at radius 2 is 2.04 bits per heavy atom. The number of likely N-dealkylation sites (N-methyl/N-ethyl adjacent to an activating group) is 1. The summed E-state index contributed by atoms with van der Waals surface area (Å²) in [7, 11) is 3.81. The molecule has 25 heavy (non-hydrogen) atoms. The molecular formula is C17H21N5O2S. The van der Waals surface area contributed by atoms with E-state index in [0.717, 1.165) is 42.4 Å². The van der Waals surface area contributed by atoms with Crippen molar-refractivity contribution < 1.29 is 9.84 Å². The van der Waals surface area contributed by atoms with Crippen molar-refractivity contribution in [2.24, 2.45) is 0 Å². The van der Waals surface area contributed by atoms with E-state index in [1.54, 1.807) is 7.11 Å². The smallest absolute Gasteiger partial charge is 0.230 e. The number of methoxy groups -OCH3 is 1. The molecule has 0 aliphatic carbocycles. The van der Waals surface area contributed by atoms with E-state index in [2.05, 4.69) is 33.0 Å². The van der Waals surface area contributed by atoms with Crippen LogP contribution in [0.1, 0.15) is 16.5 Å². The average Bonchev–Trinajstić information content (AvgIpc) is 3.21. The fourth-order valence-corrected chi connectivity index (χ4v) is 4.38. The van der Waals surface area contributed by atoms with Gasteiger partial charge in [-0.15, -0.1) is 0 Å². The maximum absolute atomic E-state index is 10.7. The topological polar surface area (TPSA) is 66.1 Å². The summed E-state index contributed by atoms with van der Waals surface area (Å²) < 4.78 is 6.91. The first-order valence-electron chi connectivity index (χ1n) is 8.25. The van der Waals surface area contributed by atoms with Crippen molar-refractivity contribution >= 4 is 16.3 Å². The highest BCUT2D eigenvalue weighted by Crippen LogP contribution is 2.40. The molecule has 0 radical (unpaired) electrons. The first-order valence-corrected chi connectivity index (χ1v) is 9.07. The summed E-state index contributed by atoms with van der Waals surface area (Å²) in [6, 6.07) is 8.01. The third-order valence-electron chi connectivity index (χ3n) is 4.70. The molecule has 3 heterocycles. The molecule has 1 fully saturated rings. The first kappa shape index (κ1) is 16.3. The second-order valence-corrected chi connectivity index (χ2v) is 7.27. The van der Waals surface area contributed by atoms with Gasteiger partial charge in [-0.1, -0.05) is 23.5 Å². The number of aromatic nitrogens is 3. The Hall–Kier alpha value is -2.16. The molecule has 2 aromatic heterocycles. The summed E-state index contributed by atoms with van der Waals surface area (Å²) >= 11 is 1.48. The van der Waals surface area contributed by atoms with Crippen LogP contribution < -0.4 is 4.74 Å². The SMILES string of the molecule is COc1cccc([C@H](c2sc3ncnn3c2O)N2CCN(C)CC2)c1. The molecule has 0 spiro atoms. The van der Waals surface area contributed by atoms with Crippen molar-refractivity contribution in [3.63, 3.8) is 0 Å². The number of ether oxygens (including phenoxy) is 1. The number of hydrogen-bond donors (Lipinski definition) is 1. The molecule has 0 unspecified atom stereocenters. The molecular weight excluding hydrogens is 338 g/mol. The molecule has 1 aliphatic rings. The lowest BCUT2D eigenvalue weighted by molar-refractivity contribution is 0.127. The first-order chi connectivity index (χ1) is 12.2. The summed E-state index contributed by atoms with van der Waals surface area (Å²) in [5.74, 6) is 0.986. The van der Waals surface area contributed by atoms with Crippen molar-refractivity contribution in [1.82, 2.24) is 24.4 Å². The molecule has 0 bridgehead atoms. The van der Waals surface area contributed by atoms with Crippen molar-refractivity contribution in [3.8, 4) is 11.6 Å². The van der Waals surface area contributed by atoms with Crippen LogP contribution in [0.25, 0.3) is 4.96 Å². The molecule has 7 nitrogen and oxygen atoms in total. The van der Waals surface area contributed by atoms with Gasteiger partial charge in [0.2, 0.25) is 10.8 Å². The summed E-state index contributed by atoms with van der Waals surface area (Å²) in [5, 5.41) is 14.8. The third-order valence-corrected chi connectivity index (χ3v) is 5.79. The van der Waals surface area contributed by atoms with Crippen molar-refractivity contribution in [2.75, 3.05) is 40.3 Å². The molecule has 1 aliphatic heterocycles. The minimum atomic E-state index is -0.0442. The molecule has 1 saturated heterocycles. The van der Waals surface area contributed by atoms with Gasteiger partial charge < -0.3 is 14.7 Å². The van der Waals surface area contributed by atoms with E-state index in [4.69, 9.17) is 4.74 Å². The Morgan fingerprint density at radius 3 is 2.76 bits per heavy atom. The number of benzene rings is 1. The summed E-state index contributed by atoms with van der Waals surface area (Å²) in [6.07, 6.45) is 1.46. The lowest BCUT2D eigenvalue weighted by Gasteiger charge is -2.37. The normalized spacial score (nSPS) is 17.8. The van der Waals surface area contributed by atoms with E-state index in [9.17, 15) is 5.11 Å². The number of rotatable bonds is 4. The van der Waals surface area contributed by atoms with Crippen LogP contribution >= 0.6 is 11.3 Å². The molecule has 0 saturated carbocycles. The van der Waals surface area contributed by atoms with E-state index in [0.29, 0.717) is 4.96 Å². The van der Waals surface area contributed by atoms with Gasteiger partial charge in [0.05, 0.1) is 18.0 Å². The zero-order chi connectivity index (χ0) is 17.4. The van der Waals surface area contributed by atoms with Crippen LogP contribution in [0.15, 0.2) is 30.6 Å². The zero-order valence-corrected chi connectivity index (χ0v) is 15.1. The van der Waals surface area contributed by atoms with Gasteiger partial charge >= 0.3 is 0 Å². The minimum Gasteiger partial charge on any atom is -0.497 e. The Balaban J connectivity index is 1.80. The quantitative estimate of drug-likeness (QED) is 0.767. The Bertz CT molecular complexity index is 869. The Labute approximate surface area is 150 Å². The maximum atomic E-state index is 10.7. The fraction of sp³-hybridized carbons (Fsp3) is 0.412. The van der Waals surface area contributed by atoms with Crippen LogP contribution in [-0.4, -0.2) is 69.8 Å². The molecule has 1 aromatic carbocycles. The second kappa shape index (κ2) is 6.62. The van der Waals surface area contributed by atoms with Gasteiger partial charge in [0.25, 0.3) is 0 Å². The third kappa shape index (κ3) is 2.97. The van der Waals surface area contributed by atoms with Gasteiger partial charge in [-0.3, -0.25) is 4.90 Å². The van der Waals surface area contributed by atoms with E-state index in [-0.39, 0.29) is 11.9 Å². The van der Waals surface area contributed by atoms with Gasteiger partial charge in [0.15, 0.2) is 0 Å². The van der Waals surface area contributed by atoms with Gasteiger partial charge in [0, 0.05) is 26.2 Å². The molecule has 1 N–H and O–H groups in total. The average molecular weight is 359 g/mol. The van der Waals surface area contributed by atoms with Crippen LogP contribution in [-0.2, 0) is 0 Å². The van der Waals surface area contributed by atoms with Crippen LogP contribution in [0.3, 0.4) is 0 Å². The molecule has 132 valence electrons. The Morgan fingerprint density at radius 1 is 1.24 bits per heavy atom. The van der Waals surface area contributed by atoms with E-state index >= 15 is 0 Å². The number of fused-ring (bicyclic) bond motifs is 1. The highest BCUT2D eigenvalue weighted by molar-refractivity contribution is 7.17. The molecule has 8 heteroatoms. The second-order valence-electron chi connectivity index (χ2n) is 6.26. The van der Waals surface area contributed by atoms with Crippen LogP contribution in [0.5, 0.6) is 11.6 Å². The van der Waals surface area contributed by atoms with Gasteiger partial charge in [-0.05, 0) is 24.7 Å². The molecule has 4 rings (SSSR count). The van der Waals surface area contributed by atoms with Crippen LogP contribution in [0, 0.1) is 0 Å². The van der Waals surface area contributed by atoms with E-state index < -0.39 is 0 Å². The summed E-state index contributed by atoms with van der Waals surface area (Å²) in [5.41, 5.74) is 1.10. The van der Waals surface area contributed by atoms with E-state index in [1.807, 2.05) is 18.2 Å². The van der Waals surface area contributed by atoms with Crippen LogP contribution in [0.4, 0.5) is 0 Å². The van der Waals surface area contributed by atoms with Crippen molar-refractivity contribution in [1.29, 1.82) is 0 Å². The van der Waals surface area contributed by atoms with E-state index in [1.165, 1.54) is 22.2 Å². The van der Waals surface area contributed by atoms with Gasteiger partial charge in [-0.25, -0.2) is 4.98 Å². The lowest BCUT2D eigenvalue weighted by atomic mass is 10.0. The number of hydrogen-bond acceptors (Lipinski definition) is 7. The molecule has 3 aromatic rings. The molecule has 1 atom stereocenters. The monoisotopic (exact) mass is 359 g/mol. The Kier molecular flexibility index (Phi) is 4.32. The minimum absolute atomic E-state index is 0.0442. The van der Waals surface area contributed by atoms with Crippen molar-refractivity contribution in [3.05, 3.63) is 41.0 Å². The largest absolute Gasteiger partial charge is 0.497 e. The summed E-state index contributed by atoms with van der Waals surface area (Å²) in [6.45, 7) is 3.88. The highest BCUT2D eigenvalue weighted by Gasteiger charge is 2.31. The number of aromatic hydroxyl groups is 1. The fourth-order valence-electron chi connectivity index (χ4n) is 3.29. The van der Waals surface area contributed by atoms with Crippen molar-refractivity contribution in [2.45, 2.75) is 6.04 Å². The summed E-state index contributed by atoms with van der Waals surface area (Å²) in [4.78, 5) is 10.5. The highest BCUT2D eigenvalue weighted by atomic mass is 32.1. The van der Waals surface area contributed by atoms with Gasteiger partial charge in [0.1, 0.15) is 12.1 Å². The standard InChI is InChI=1S/C17H21N5O2S/c1-20-6-8-21(9-7-20)14(12-4-3-5-13(10-12)24-2)15-16(23)22-17(25-15)18-11-19-22/h3-5,10-11,14,23H,6-9H2,1-2H3/t14-/m1/s1. The zero-order valence-electron chi connectivity index (χ0n) is 14.3.